The van der Waals surface area contributed by atoms with Crippen LogP contribution in [0.15, 0.2) is 18.2 Å². The number of aromatic nitrogens is 1. The Balaban J connectivity index is 1.26. The largest absolute Gasteiger partial charge is 0.356 e. The SMILES string of the molecule is O=C(NCCCCN1CCN(c2cccc(F)n2)CC1)C1CCCCC1. The van der Waals surface area contributed by atoms with E-state index in [-0.39, 0.29) is 11.8 Å². The molecule has 1 aliphatic heterocycles. The zero-order valence-electron chi connectivity index (χ0n) is 15.6. The Kier molecular flexibility index (Phi) is 7.23. The molecule has 1 amide bonds. The van der Waals surface area contributed by atoms with E-state index in [1.54, 1.807) is 6.07 Å². The van der Waals surface area contributed by atoms with Gasteiger partial charge in [0.1, 0.15) is 5.82 Å². The lowest BCUT2D eigenvalue weighted by molar-refractivity contribution is -0.125. The van der Waals surface area contributed by atoms with Crippen LogP contribution in [0.25, 0.3) is 0 Å². The fourth-order valence-electron chi connectivity index (χ4n) is 3.96. The second-order valence-corrected chi connectivity index (χ2v) is 7.48. The average Bonchev–Trinajstić information content (AvgIpc) is 2.69. The minimum absolute atomic E-state index is 0.258. The number of rotatable bonds is 7. The molecule has 2 aliphatic rings. The molecule has 1 saturated carbocycles. The van der Waals surface area contributed by atoms with Gasteiger partial charge in [0.05, 0.1) is 0 Å². The number of hydrogen-bond donors (Lipinski definition) is 1. The molecule has 0 radical (unpaired) electrons. The molecule has 5 nitrogen and oxygen atoms in total. The van der Waals surface area contributed by atoms with E-state index in [0.717, 1.165) is 70.8 Å². The summed E-state index contributed by atoms with van der Waals surface area (Å²) in [6.07, 6.45) is 7.95. The third-order valence-corrected chi connectivity index (χ3v) is 5.57. The quantitative estimate of drug-likeness (QED) is 0.599. The topological polar surface area (TPSA) is 48.5 Å². The van der Waals surface area contributed by atoms with Crippen molar-refractivity contribution in [1.29, 1.82) is 0 Å². The Morgan fingerprint density at radius 3 is 2.62 bits per heavy atom. The smallest absolute Gasteiger partial charge is 0.223 e. The molecule has 1 aromatic rings. The van der Waals surface area contributed by atoms with Crippen LogP contribution in [-0.4, -0.2) is 55.1 Å². The van der Waals surface area contributed by atoms with Crippen LogP contribution in [0, 0.1) is 11.9 Å². The van der Waals surface area contributed by atoms with Gasteiger partial charge < -0.3 is 10.2 Å². The van der Waals surface area contributed by atoms with Gasteiger partial charge in [0.25, 0.3) is 0 Å². The van der Waals surface area contributed by atoms with Crippen LogP contribution < -0.4 is 10.2 Å². The first-order chi connectivity index (χ1) is 12.7. The van der Waals surface area contributed by atoms with Crippen molar-refractivity contribution in [3.63, 3.8) is 0 Å². The predicted octanol–water partition coefficient (Wildman–Crippen LogP) is 2.82. The summed E-state index contributed by atoms with van der Waals surface area (Å²) < 4.78 is 13.2. The van der Waals surface area contributed by atoms with Crippen LogP contribution in [0.5, 0.6) is 0 Å². The molecule has 0 atom stereocenters. The molecular formula is C20H31FN4O. The average molecular weight is 362 g/mol. The highest BCUT2D eigenvalue weighted by Gasteiger charge is 2.21. The Bertz CT molecular complexity index is 569. The number of anilines is 1. The molecule has 26 heavy (non-hydrogen) atoms. The lowest BCUT2D eigenvalue weighted by Gasteiger charge is -2.35. The maximum atomic E-state index is 13.2. The summed E-state index contributed by atoms with van der Waals surface area (Å²) in [5, 5.41) is 3.11. The summed E-state index contributed by atoms with van der Waals surface area (Å²) in [5.41, 5.74) is 0. The van der Waals surface area contributed by atoms with Crippen molar-refractivity contribution in [2.75, 3.05) is 44.2 Å². The fraction of sp³-hybridized carbons (Fsp3) is 0.700. The summed E-state index contributed by atoms with van der Waals surface area (Å²) in [5.74, 6) is 0.837. The van der Waals surface area contributed by atoms with Crippen LogP contribution in [0.2, 0.25) is 0 Å². The van der Waals surface area contributed by atoms with Gasteiger partial charge in [-0.3, -0.25) is 9.69 Å². The minimum Gasteiger partial charge on any atom is -0.356 e. The third-order valence-electron chi connectivity index (χ3n) is 5.57. The summed E-state index contributed by atoms with van der Waals surface area (Å²) >= 11 is 0. The molecule has 0 spiro atoms. The van der Waals surface area contributed by atoms with Crippen LogP contribution in [0.4, 0.5) is 10.2 Å². The van der Waals surface area contributed by atoms with Gasteiger partial charge >= 0.3 is 0 Å². The highest BCUT2D eigenvalue weighted by molar-refractivity contribution is 5.78. The monoisotopic (exact) mass is 362 g/mol. The van der Waals surface area contributed by atoms with Gasteiger partial charge in [-0.15, -0.1) is 0 Å². The molecule has 0 bridgehead atoms. The molecular weight excluding hydrogens is 331 g/mol. The first kappa shape index (κ1) is 19.1. The lowest BCUT2D eigenvalue weighted by Crippen LogP contribution is -2.47. The Morgan fingerprint density at radius 1 is 1.12 bits per heavy atom. The van der Waals surface area contributed by atoms with Crippen molar-refractivity contribution in [2.24, 2.45) is 5.92 Å². The number of unbranched alkanes of at least 4 members (excludes halogenated alkanes) is 1. The van der Waals surface area contributed by atoms with E-state index < -0.39 is 5.95 Å². The van der Waals surface area contributed by atoms with Crippen molar-refractivity contribution in [3.8, 4) is 0 Å². The van der Waals surface area contributed by atoms with Crippen LogP contribution in [-0.2, 0) is 4.79 Å². The number of nitrogens with one attached hydrogen (secondary N) is 1. The van der Waals surface area contributed by atoms with Crippen LogP contribution in [0.1, 0.15) is 44.9 Å². The van der Waals surface area contributed by atoms with Crippen molar-refractivity contribution >= 4 is 11.7 Å². The second-order valence-electron chi connectivity index (χ2n) is 7.48. The second kappa shape index (κ2) is 9.86. The van der Waals surface area contributed by atoms with E-state index in [9.17, 15) is 9.18 Å². The molecule has 0 unspecified atom stereocenters. The Morgan fingerprint density at radius 2 is 1.88 bits per heavy atom. The molecule has 144 valence electrons. The van der Waals surface area contributed by atoms with Crippen LogP contribution in [0.3, 0.4) is 0 Å². The van der Waals surface area contributed by atoms with Crippen molar-refractivity contribution in [3.05, 3.63) is 24.1 Å². The van der Waals surface area contributed by atoms with E-state index in [0.29, 0.717) is 0 Å². The van der Waals surface area contributed by atoms with Gasteiger partial charge in [-0.05, 0) is 44.4 Å². The van der Waals surface area contributed by atoms with Gasteiger partial charge in [0.2, 0.25) is 11.9 Å². The number of halogens is 1. The molecule has 2 fully saturated rings. The lowest BCUT2D eigenvalue weighted by atomic mass is 9.89. The summed E-state index contributed by atoms with van der Waals surface area (Å²) in [6, 6.07) is 4.96. The Hall–Kier alpha value is -1.69. The number of carbonyl (C=O) groups is 1. The maximum absolute atomic E-state index is 13.2. The molecule has 1 aliphatic carbocycles. The molecule has 6 heteroatoms. The summed E-state index contributed by atoms with van der Waals surface area (Å²) in [4.78, 5) is 20.6. The Labute approximate surface area is 156 Å². The van der Waals surface area contributed by atoms with Crippen molar-refractivity contribution < 1.29 is 9.18 Å². The zero-order chi connectivity index (χ0) is 18.2. The van der Waals surface area contributed by atoms with Crippen molar-refractivity contribution in [1.82, 2.24) is 15.2 Å². The van der Waals surface area contributed by atoms with Crippen LogP contribution >= 0.6 is 0 Å². The minimum atomic E-state index is -0.416. The zero-order valence-corrected chi connectivity index (χ0v) is 15.6. The number of carbonyl (C=O) groups excluding carboxylic acids is 1. The van der Waals surface area contributed by atoms with E-state index in [2.05, 4.69) is 20.1 Å². The predicted molar refractivity (Wildman–Crippen MR) is 102 cm³/mol. The molecule has 1 aromatic heterocycles. The third kappa shape index (κ3) is 5.66. The number of hydrogen-bond acceptors (Lipinski definition) is 4. The first-order valence-corrected chi connectivity index (χ1v) is 10.1. The van der Waals surface area contributed by atoms with Gasteiger partial charge in [0.15, 0.2) is 0 Å². The first-order valence-electron chi connectivity index (χ1n) is 10.1. The van der Waals surface area contributed by atoms with Gasteiger partial charge in [-0.1, -0.05) is 25.3 Å². The van der Waals surface area contributed by atoms with E-state index >= 15 is 0 Å². The highest BCUT2D eigenvalue weighted by atomic mass is 19.1. The molecule has 3 rings (SSSR count). The number of pyridine rings is 1. The van der Waals surface area contributed by atoms with E-state index in [1.165, 1.54) is 25.3 Å². The number of piperazine rings is 1. The normalized spacial score (nSPS) is 19.5. The molecule has 1 saturated heterocycles. The highest BCUT2D eigenvalue weighted by Crippen LogP contribution is 2.23. The van der Waals surface area contributed by atoms with Crippen molar-refractivity contribution in [2.45, 2.75) is 44.9 Å². The van der Waals surface area contributed by atoms with E-state index in [4.69, 9.17) is 0 Å². The molecule has 0 aromatic carbocycles. The number of nitrogens with zero attached hydrogens (tertiary/aromatic N) is 3. The summed E-state index contributed by atoms with van der Waals surface area (Å²) in [6.45, 7) is 5.58. The van der Waals surface area contributed by atoms with Gasteiger partial charge in [0, 0.05) is 38.6 Å². The van der Waals surface area contributed by atoms with Gasteiger partial charge in [-0.2, -0.15) is 4.39 Å². The maximum Gasteiger partial charge on any atom is 0.223 e. The fourth-order valence-corrected chi connectivity index (χ4v) is 3.96. The van der Waals surface area contributed by atoms with Gasteiger partial charge in [-0.25, -0.2) is 4.98 Å². The molecule has 1 N–H and O–H groups in total. The summed E-state index contributed by atoms with van der Waals surface area (Å²) in [7, 11) is 0. The number of amides is 1. The molecule has 2 heterocycles. The van der Waals surface area contributed by atoms with E-state index in [1.807, 2.05) is 6.07 Å². The standard InChI is InChI=1S/C20H31FN4O/c21-18-9-6-10-19(23-18)25-15-13-24(14-16-25)12-5-4-11-22-20(26)17-7-2-1-3-8-17/h6,9-10,17H,1-5,7-8,11-16H2,(H,22,26).